The first kappa shape index (κ1) is 14.5. The van der Waals surface area contributed by atoms with E-state index in [1.807, 2.05) is 11.0 Å². The molecule has 1 heterocycles. The lowest BCUT2D eigenvalue weighted by Crippen LogP contribution is -2.45. The molecule has 0 saturated carbocycles. The van der Waals surface area contributed by atoms with Crippen LogP contribution in [0.1, 0.15) is 30.9 Å². The van der Waals surface area contributed by atoms with Gasteiger partial charge in [-0.15, -0.1) is 0 Å². The highest BCUT2D eigenvalue weighted by atomic mass is 19.1. The van der Waals surface area contributed by atoms with Gasteiger partial charge < -0.3 is 5.11 Å². The maximum Gasteiger partial charge on any atom is 0.310 e. The van der Waals surface area contributed by atoms with Crippen LogP contribution in [0.4, 0.5) is 4.39 Å². The monoisotopic (exact) mass is 276 g/mol. The Labute approximate surface area is 117 Å². The maximum absolute atomic E-state index is 13.3. The van der Waals surface area contributed by atoms with Gasteiger partial charge in [-0.1, -0.05) is 0 Å². The first-order valence-electron chi connectivity index (χ1n) is 6.59. The molecule has 1 aliphatic rings. The Morgan fingerprint density at radius 3 is 3.00 bits per heavy atom. The number of nitrogens with zero attached hydrogens (tertiary/aromatic N) is 2. The van der Waals surface area contributed by atoms with Crippen molar-refractivity contribution in [3.8, 4) is 6.07 Å². The summed E-state index contributed by atoms with van der Waals surface area (Å²) in [5, 5.41) is 18.3. The van der Waals surface area contributed by atoms with Crippen molar-refractivity contribution in [2.45, 2.75) is 26.3 Å². The van der Waals surface area contributed by atoms with Crippen LogP contribution >= 0.6 is 0 Å². The largest absolute Gasteiger partial charge is 0.481 e. The number of piperidine rings is 1. The number of likely N-dealkylation sites (tertiary alicyclic amines) is 1. The summed E-state index contributed by atoms with van der Waals surface area (Å²) in [5.74, 6) is -1.18. The van der Waals surface area contributed by atoms with Crippen LogP contribution in [-0.2, 0) is 11.3 Å². The van der Waals surface area contributed by atoms with E-state index in [4.69, 9.17) is 5.26 Å². The van der Waals surface area contributed by atoms with Crippen LogP contribution in [0.25, 0.3) is 0 Å². The number of nitriles is 1. The summed E-state index contributed by atoms with van der Waals surface area (Å²) in [6.07, 6.45) is 1.44. The van der Waals surface area contributed by atoms with Gasteiger partial charge in [0.2, 0.25) is 0 Å². The summed E-state index contributed by atoms with van der Waals surface area (Å²) in [4.78, 5) is 13.3. The number of rotatable bonds is 3. The van der Waals surface area contributed by atoms with E-state index in [0.717, 1.165) is 13.0 Å². The Hall–Kier alpha value is -1.93. The zero-order valence-electron chi connectivity index (χ0n) is 11.4. The molecule has 1 aliphatic heterocycles. The average molecular weight is 276 g/mol. The van der Waals surface area contributed by atoms with Crippen molar-refractivity contribution in [3.63, 3.8) is 0 Å². The molecule has 1 unspecified atom stereocenters. The lowest BCUT2D eigenvalue weighted by Gasteiger charge is -2.37. The molecule has 1 aromatic rings. The Kier molecular flexibility index (Phi) is 4.05. The zero-order valence-corrected chi connectivity index (χ0v) is 11.4. The number of benzene rings is 1. The smallest absolute Gasteiger partial charge is 0.310 e. The van der Waals surface area contributed by atoms with Gasteiger partial charge in [-0.05, 0) is 50.1 Å². The second-order valence-corrected chi connectivity index (χ2v) is 5.59. The molecule has 1 atom stereocenters. The lowest BCUT2D eigenvalue weighted by molar-refractivity contribution is -0.151. The highest BCUT2D eigenvalue weighted by Crippen LogP contribution is 2.30. The number of carboxylic acids is 1. The molecule has 1 aromatic carbocycles. The minimum atomic E-state index is -0.804. The molecular formula is C15H17FN2O2. The Bertz CT molecular complexity index is 567. The molecular weight excluding hydrogens is 259 g/mol. The highest BCUT2D eigenvalue weighted by Gasteiger charge is 2.37. The van der Waals surface area contributed by atoms with Crippen LogP contribution < -0.4 is 0 Å². The van der Waals surface area contributed by atoms with Gasteiger partial charge in [-0.25, -0.2) is 4.39 Å². The Balaban J connectivity index is 2.16. The Morgan fingerprint density at radius 1 is 1.60 bits per heavy atom. The van der Waals surface area contributed by atoms with Gasteiger partial charge in [0.05, 0.1) is 17.0 Å². The van der Waals surface area contributed by atoms with E-state index >= 15 is 0 Å². The number of aliphatic carboxylic acids is 1. The minimum Gasteiger partial charge on any atom is -0.481 e. The lowest BCUT2D eigenvalue weighted by atomic mass is 9.82. The fourth-order valence-corrected chi connectivity index (χ4v) is 2.70. The molecule has 1 fully saturated rings. The summed E-state index contributed by atoms with van der Waals surface area (Å²) < 4.78 is 13.3. The SMILES string of the molecule is CC1(C(=O)O)CCCN(Cc2cc(F)ccc2C#N)C1. The molecule has 0 spiro atoms. The van der Waals surface area contributed by atoms with Crippen molar-refractivity contribution in [1.29, 1.82) is 5.26 Å². The predicted molar refractivity (Wildman–Crippen MR) is 71.4 cm³/mol. The third-order valence-corrected chi connectivity index (χ3v) is 3.87. The topological polar surface area (TPSA) is 64.3 Å². The maximum atomic E-state index is 13.3. The number of carbonyl (C=O) groups is 1. The summed E-state index contributed by atoms with van der Waals surface area (Å²) in [7, 11) is 0. The predicted octanol–water partition coefficient (Wildman–Crippen LogP) is 2.38. The van der Waals surface area contributed by atoms with Gasteiger partial charge in [-0.2, -0.15) is 5.26 Å². The molecule has 20 heavy (non-hydrogen) atoms. The fraction of sp³-hybridized carbons (Fsp3) is 0.467. The van der Waals surface area contributed by atoms with Crippen LogP contribution in [0.3, 0.4) is 0 Å². The van der Waals surface area contributed by atoms with E-state index in [0.29, 0.717) is 30.6 Å². The third kappa shape index (κ3) is 2.97. The zero-order chi connectivity index (χ0) is 14.8. The van der Waals surface area contributed by atoms with Crippen LogP contribution in [0.2, 0.25) is 0 Å². The summed E-state index contributed by atoms with van der Waals surface area (Å²) in [6.45, 7) is 3.33. The van der Waals surface area contributed by atoms with E-state index in [1.54, 1.807) is 6.92 Å². The molecule has 0 bridgehead atoms. The molecule has 0 radical (unpaired) electrons. The first-order valence-corrected chi connectivity index (χ1v) is 6.59. The van der Waals surface area contributed by atoms with Gasteiger partial charge in [-0.3, -0.25) is 9.69 Å². The minimum absolute atomic E-state index is 0.378. The first-order chi connectivity index (χ1) is 9.44. The van der Waals surface area contributed by atoms with Crippen LogP contribution in [-0.4, -0.2) is 29.1 Å². The van der Waals surface area contributed by atoms with Crippen molar-refractivity contribution >= 4 is 5.97 Å². The molecule has 1 N–H and O–H groups in total. The van der Waals surface area contributed by atoms with Crippen LogP contribution in [0.15, 0.2) is 18.2 Å². The molecule has 0 aromatic heterocycles. The molecule has 0 amide bonds. The van der Waals surface area contributed by atoms with Gasteiger partial charge in [0.15, 0.2) is 0 Å². The summed E-state index contributed by atoms with van der Waals surface area (Å²) in [6, 6.07) is 6.13. The third-order valence-electron chi connectivity index (χ3n) is 3.87. The van der Waals surface area contributed by atoms with E-state index < -0.39 is 11.4 Å². The van der Waals surface area contributed by atoms with Crippen molar-refractivity contribution in [2.24, 2.45) is 5.41 Å². The standard InChI is InChI=1S/C15H17FN2O2/c1-15(14(19)20)5-2-6-18(10-15)9-12-7-13(16)4-3-11(12)8-17/h3-4,7H,2,5-6,9-10H2,1H3,(H,19,20). The summed E-state index contributed by atoms with van der Waals surface area (Å²) >= 11 is 0. The average Bonchev–Trinajstić information content (AvgIpc) is 2.39. The number of carboxylic acid groups (broad SMARTS) is 1. The second kappa shape index (κ2) is 5.59. The fourth-order valence-electron chi connectivity index (χ4n) is 2.70. The normalized spacial score (nSPS) is 23.2. The molecule has 1 saturated heterocycles. The van der Waals surface area contributed by atoms with Crippen LogP contribution in [0, 0.1) is 22.6 Å². The van der Waals surface area contributed by atoms with Gasteiger partial charge in [0.25, 0.3) is 0 Å². The van der Waals surface area contributed by atoms with E-state index in [-0.39, 0.29) is 5.82 Å². The molecule has 0 aliphatic carbocycles. The molecule has 4 nitrogen and oxygen atoms in total. The van der Waals surface area contributed by atoms with Crippen molar-refractivity contribution in [2.75, 3.05) is 13.1 Å². The number of hydrogen-bond donors (Lipinski definition) is 1. The van der Waals surface area contributed by atoms with Gasteiger partial charge in [0, 0.05) is 13.1 Å². The van der Waals surface area contributed by atoms with Crippen LogP contribution in [0.5, 0.6) is 0 Å². The van der Waals surface area contributed by atoms with Crippen molar-refractivity contribution in [1.82, 2.24) is 4.90 Å². The van der Waals surface area contributed by atoms with Crippen molar-refractivity contribution in [3.05, 3.63) is 35.1 Å². The van der Waals surface area contributed by atoms with E-state index in [1.165, 1.54) is 18.2 Å². The van der Waals surface area contributed by atoms with Gasteiger partial charge >= 0.3 is 5.97 Å². The molecule has 106 valence electrons. The Morgan fingerprint density at radius 2 is 2.35 bits per heavy atom. The van der Waals surface area contributed by atoms with Crippen molar-refractivity contribution < 1.29 is 14.3 Å². The molecule has 5 heteroatoms. The van der Waals surface area contributed by atoms with Gasteiger partial charge in [0.1, 0.15) is 5.82 Å². The second-order valence-electron chi connectivity index (χ2n) is 5.59. The molecule has 2 rings (SSSR count). The van der Waals surface area contributed by atoms with E-state index in [2.05, 4.69) is 0 Å². The highest BCUT2D eigenvalue weighted by molar-refractivity contribution is 5.74. The quantitative estimate of drug-likeness (QED) is 0.920. The summed E-state index contributed by atoms with van der Waals surface area (Å²) in [5.41, 5.74) is 0.286. The number of hydrogen-bond acceptors (Lipinski definition) is 3. The van der Waals surface area contributed by atoms with E-state index in [9.17, 15) is 14.3 Å². The number of halogens is 1.